The summed E-state index contributed by atoms with van der Waals surface area (Å²) in [5.41, 5.74) is 2.21. The lowest BCUT2D eigenvalue weighted by Gasteiger charge is -2.04. The molecule has 2 aromatic rings. The molecule has 0 fully saturated rings. The normalized spacial score (nSPS) is 11.4. The second-order valence-electron chi connectivity index (χ2n) is 3.86. The van der Waals surface area contributed by atoms with Crippen LogP contribution in [0.2, 0.25) is 0 Å². The summed E-state index contributed by atoms with van der Waals surface area (Å²) < 4.78 is 22.8. The molecule has 0 aliphatic carbocycles. The first-order chi connectivity index (χ1) is 7.98. The molecule has 0 N–H and O–H groups in total. The maximum atomic E-state index is 11.4. The van der Waals surface area contributed by atoms with Crippen molar-refractivity contribution in [2.24, 2.45) is 0 Å². The zero-order chi connectivity index (χ0) is 12.5. The maximum absolute atomic E-state index is 11.4. The zero-order valence-electron chi connectivity index (χ0n) is 9.58. The van der Waals surface area contributed by atoms with E-state index in [2.05, 4.69) is 10.2 Å². The van der Waals surface area contributed by atoms with Gasteiger partial charge >= 0.3 is 0 Å². The summed E-state index contributed by atoms with van der Waals surface area (Å²) in [4.78, 5) is 0. The fraction of sp³-hybridized carbons (Fsp3) is 0.167. The summed E-state index contributed by atoms with van der Waals surface area (Å²) in [5, 5.41) is 7.77. The highest BCUT2D eigenvalue weighted by Gasteiger charge is 2.14. The van der Waals surface area contributed by atoms with Gasteiger partial charge in [0, 0.05) is 11.8 Å². The van der Waals surface area contributed by atoms with Crippen LogP contribution >= 0.6 is 0 Å². The van der Waals surface area contributed by atoms with Gasteiger partial charge in [0.05, 0.1) is 5.69 Å². The van der Waals surface area contributed by atoms with Crippen LogP contribution in [0.1, 0.15) is 5.56 Å². The van der Waals surface area contributed by atoms with E-state index in [0.717, 1.165) is 11.8 Å². The number of nitrogens with zero attached hydrogens (tertiary/aromatic N) is 2. The Hall–Kier alpha value is -1.75. The van der Waals surface area contributed by atoms with Gasteiger partial charge in [-0.2, -0.15) is 0 Å². The fourth-order valence-corrected chi connectivity index (χ4v) is 2.42. The molecule has 2 rings (SSSR count). The average Bonchev–Trinajstić information content (AvgIpc) is 2.28. The average molecular weight is 248 g/mol. The van der Waals surface area contributed by atoms with Gasteiger partial charge in [-0.25, -0.2) is 8.42 Å². The molecule has 0 saturated heterocycles. The van der Waals surface area contributed by atoms with Crippen molar-refractivity contribution < 1.29 is 8.42 Å². The van der Waals surface area contributed by atoms with Crippen molar-refractivity contribution in [2.45, 2.75) is 11.9 Å². The van der Waals surface area contributed by atoms with Crippen molar-refractivity contribution >= 4 is 9.84 Å². The number of aromatic nitrogens is 2. The van der Waals surface area contributed by atoms with Crippen LogP contribution in [0.15, 0.2) is 41.4 Å². The summed E-state index contributed by atoms with van der Waals surface area (Å²) in [5.74, 6) is 0. The lowest BCUT2D eigenvalue weighted by atomic mass is 10.1. The smallest absolute Gasteiger partial charge is 0.194 e. The molecule has 0 aliphatic heterocycles. The van der Waals surface area contributed by atoms with Crippen molar-refractivity contribution in [1.82, 2.24) is 10.2 Å². The summed E-state index contributed by atoms with van der Waals surface area (Å²) in [7, 11) is -3.31. The third-order valence-corrected chi connectivity index (χ3v) is 3.47. The van der Waals surface area contributed by atoms with Gasteiger partial charge in [-0.1, -0.05) is 30.3 Å². The first-order valence-electron chi connectivity index (χ1n) is 5.08. The molecule has 0 spiro atoms. The van der Waals surface area contributed by atoms with E-state index in [1.54, 1.807) is 13.0 Å². The van der Waals surface area contributed by atoms with Crippen LogP contribution < -0.4 is 0 Å². The Morgan fingerprint density at radius 3 is 2.24 bits per heavy atom. The van der Waals surface area contributed by atoms with Crippen LogP contribution in [0, 0.1) is 6.92 Å². The third kappa shape index (κ3) is 2.50. The molecule has 1 aromatic carbocycles. The second-order valence-corrected chi connectivity index (χ2v) is 5.79. The molecule has 0 radical (unpaired) electrons. The quantitative estimate of drug-likeness (QED) is 0.813. The van der Waals surface area contributed by atoms with E-state index in [0.29, 0.717) is 11.3 Å². The molecule has 0 amide bonds. The Labute approximate surface area is 100 Å². The largest absolute Gasteiger partial charge is 0.222 e. The standard InChI is InChI=1S/C12H12N2O2S/c1-9-8-11(10-6-4-3-5-7-10)13-14-12(9)17(2,15)16/h3-8H,1-2H3. The molecule has 0 bridgehead atoms. The Morgan fingerprint density at radius 2 is 1.71 bits per heavy atom. The van der Waals surface area contributed by atoms with E-state index in [9.17, 15) is 8.42 Å². The Kier molecular flexibility index (Phi) is 2.93. The van der Waals surface area contributed by atoms with Gasteiger partial charge in [0.15, 0.2) is 14.9 Å². The Morgan fingerprint density at radius 1 is 1.06 bits per heavy atom. The van der Waals surface area contributed by atoms with Crippen LogP contribution in [0.25, 0.3) is 11.3 Å². The highest BCUT2D eigenvalue weighted by atomic mass is 32.2. The van der Waals surface area contributed by atoms with Gasteiger partial charge in [-0.3, -0.25) is 0 Å². The van der Waals surface area contributed by atoms with E-state index in [1.165, 1.54) is 0 Å². The first-order valence-corrected chi connectivity index (χ1v) is 6.97. The molecule has 1 heterocycles. The van der Waals surface area contributed by atoms with Crippen LogP contribution in [0.4, 0.5) is 0 Å². The van der Waals surface area contributed by atoms with E-state index >= 15 is 0 Å². The van der Waals surface area contributed by atoms with Crippen molar-refractivity contribution in [3.05, 3.63) is 42.0 Å². The molecule has 0 unspecified atom stereocenters. The van der Waals surface area contributed by atoms with Crippen molar-refractivity contribution in [3.63, 3.8) is 0 Å². The summed E-state index contributed by atoms with van der Waals surface area (Å²) >= 11 is 0. The number of aryl methyl sites for hydroxylation is 1. The minimum absolute atomic E-state index is 0.0391. The molecule has 5 heteroatoms. The van der Waals surface area contributed by atoms with Crippen LogP contribution in [-0.4, -0.2) is 24.9 Å². The third-order valence-electron chi connectivity index (χ3n) is 2.36. The van der Waals surface area contributed by atoms with Gasteiger partial charge in [0.2, 0.25) is 0 Å². The molecular formula is C12H12N2O2S. The van der Waals surface area contributed by atoms with E-state index in [4.69, 9.17) is 0 Å². The number of hydrogen-bond donors (Lipinski definition) is 0. The van der Waals surface area contributed by atoms with Gasteiger partial charge in [0.1, 0.15) is 0 Å². The minimum atomic E-state index is -3.31. The summed E-state index contributed by atoms with van der Waals surface area (Å²) in [6, 6.07) is 11.3. The molecule has 1 aromatic heterocycles. The van der Waals surface area contributed by atoms with E-state index in [1.807, 2.05) is 30.3 Å². The number of sulfone groups is 1. The Balaban J connectivity index is 2.53. The molecule has 4 nitrogen and oxygen atoms in total. The fourth-order valence-electron chi connectivity index (χ4n) is 1.59. The summed E-state index contributed by atoms with van der Waals surface area (Å²) in [6.45, 7) is 1.72. The van der Waals surface area contributed by atoms with Crippen molar-refractivity contribution in [2.75, 3.05) is 6.26 Å². The van der Waals surface area contributed by atoms with E-state index in [-0.39, 0.29) is 5.03 Å². The maximum Gasteiger partial charge on any atom is 0.194 e. The van der Waals surface area contributed by atoms with E-state index < -0.39 is 9.84 Å². The van der Waals surface area contributed by atoms with Crippen LogP contribution in [0.3, 0.4) is 0 Å². The predicted octanol–water partition coefficient (Wildman–Crippen LogP) is 1.86. The number of benzene rings is 1. The van der Waals surface area contributed by atoms with Crippen molar-refractivity contribution in [3.8, 4) is 11.3 Å². The van der Waals surface area contributed by atoms with Gasteiger partial charge in [0.25, 0.3) is 0 Å². The van der Waals surface area contributed by atoms with Crippen LogP contribution in [-0.2, 0) is 9.84 Å². The molecule has 17 heavy (non-hydrogen) atoms. The van der Waals surface area contributed by atoms with Gasteiger partial charge in [-0.05, 0) is 18.6 Å². The predicted molar refractivity (Wildman–Crippen MR) is 65.3 cm³/mol. The lowest BCUT2D eigenvalue weighted by molar-refractivity contribution is 0.595. The lowest BCUT2D eigenvalue weighted by Crippen LogP contribution is -2.05. The number of hydrogen-bond acceptors (Lipinski definition) is 4. The highest BCUT2D eigenvalue weighted by Crippen LogP contribution is 2.19. The SMILES string of the molecule is Cc1cc(-c2ccccc2)nnc1S(C)(=O)=O. The first kappa shape index (κ1) is 11.7. The molecule has 0 saturated carbocycles. The monoisotopic (exact) mass is 248 g/mol. The number of rotatable bonds is 2. The van der Waals surface area contributed by atoms with Gasteiger partial charge < -0.3 is 0 Å². The van der Waals surface area contributed by atoms with Gasteiger partial charge in [-0.15, -0.1) is 10.2 Å². The molecule has 0 atom stereocenters. The van der Waals surface area contributed by atoms with Crippen LogP contribution in [0.5, 0.6) is 0 Å². The summed E-state index contributed by atoms with van der Waals surface area (Å²) in [6.07, 6.45) is 1.13. The zero-order valence-corrected chi connectivity index (χ0v) is 10.4. The Bertz CT molecular complexity index is 637. The molecular weight excluding hydrogens is 236 g/mol. The topological polar surface area (TPSA) is 59.9 Å². The highest BCUT2D eigenvalue weighted by molar-refractivity contribution is 7.90. The van der Waals surface area contributed by atoms with Crippen molar-refractivity contribution in [1.29, 1.82) is 0 Å². The minimum Gasteiger partial charge on any atom is -0.222 e. The molecule has 88 valence electrons. The molecule has 0 aliphatic rings. The second kappa shape index (κ2) is 4.25.